The summed E-state index contributed by atoms with van der Waals surface area (Å²) in [5, 5.41) is 9.59. The first-order valence-electron chi connectivity index (χ1n) is 9.34. The molecule has 0 aliphatic heterocycles. The van der Waals surface area contributed by atoms with Crippen molar-refractivity contribution in [3.8, 4) is 5.75 Å². The molecule has 0 spiro atoms. The predicted molar refractivity (Wildman–Crippen MR) is 112 cm³/mol. The van der Waals surface area contributed by atoms with Crippen LogP contribution < -0.4 is 4.74 Å². The van der Waals surface area contributed by atoms with E-state index in [1.54, 1.807) is 12.1 Å². The van der Waals surface area contributed by atoms with Crippen molar-refractivity contribution in [1.82, 2.24) is 14.8 Å². The number of alkyl halides is 3. The standard InChI is InChI=1S/C21H21ClF3N3OS/c1-4-28-19(14(3)29-18-10-13(2)8-9-17(18)22)26-27-20(28)30-12-15-6-5-7-16(11-15)21(23,24)25/h5-11,14H,4,12H2,1-3H3. The second kappa shape index (κ2) is 9.31. The van der Waals surface area contributed by atoms with E-state index in [2.05, 4.69) is 10.2 Å². The minimum atomic E-state index is -4.36. The molecule has 160 valence electrons. The van der Waals surface area contributed by atoms with Crippen LogP contribution in [0.2, 0.25) is 5.02 Å². The predicted octanol–water partition coefficient (Wildman–Crippen LogP) is 6.71. The molecule has 1 heterocycles. The lowest BCUT2D eigenvalue weighted by molar-refractivity contribution is -0.137. The highest BCUT2D eigenvalue weighted by atomic mass is 35.5. The molecule has 30 heavy (non-hydrogen) atoms. The summed E-state index contributed by atoms with van der Waals surface area (Å²) in [5.41, 5.74) is 0.934. The summed E-state index contributed by atoms with van der Waals surface area (Å²) in [6, 6.07) is 10.8. The molecule has 0 aliphatic rings. The number of nitrogens with zero attached hydrogens (tertiary/aromatic N) is 3. The maximum absolute atomic E-state index is 12.9. The number of rotatable bonds is 7. The summed E-state index contributed by atoms with van der Waals surface area (Å²) >= 11 is 7.55. The van der Waals surface area contributed by atoms with Gasteiger partial charge < -0.3 is 9.30 Å². The van der Waals surface area contributed by atoms with Gasteiger partial charge in [-0.2, -0.15) is 13.2 Å². The largest absolute Gasteiger partial charge is 0.481 e. The Morgan fingerprint density at radius 3 is 2.63 bits per heavy atom. The summed E-state index contributed by atoms with van der Waals surface area (Å²) in [4.78, 5) is 0. The third-order valence-corrected chi connectivity index (χ3v) is 5.79. The van der Waals surface area contributed by atoms with Crippen LogP contribution in [0, 0.1) is 6.92 Å². The molecule has 1 atom stereocenters. The number of ether oxygens (including phenoxy) is 1. The molecular weight excluding hydrogens is 435 g/mol. The summed E-state index contributed by atoms with van der Waals surface area (Å²) in [6.45, 7) is 6.36. The third kappa shape index (κ3) is 5.29. The van der Waals surface area contributed by atoms with Gasteiger partial charge in [0, 0.05) is 12.3 Å². The van der Waals surface area contributed by atoms with Crippen LogP contribution in [0.25, 0.3) is 0 Å². The van der Waals surface area contributed by atoms with Crippen LogP contribution >= 0.6 is 23.4 Å². The SMILES string of the molecule is CCn1c(SCc2cccc(C(F)(F)F)c2)nnc1C(C)Oc1cc(C)ccc1Cl. The first kappa shape index (κ1) is 22.5. The van der Waals surface area contributed by atoms with Gasteiger partial charge in [0.2, 0.25) is 0 Å². The van der Waals surface area contributed by atoms with Crippen LogP contribution in [-0.4, -0.2) is 14.8 Å². The van der Waals surface area contributed by atoms with Gasteiger partial charge in [0.15, 0.2) is 17.1 Å². The van der Waals surface area contributed by atoms with Gasteiger partial charge in [0.25, 0.3) is 0 Å². The lowest BCUT2D eigenvalue weighted by Gasteiger charge is -2.17. The first-order valence-corrected chi connectivity index (χ1v) is 10.7. The molecule has 1 unspecified atom stereocenters. The molecule has 9 heteroatoms. The topological polar surface area (TPSA) is 39.9 Å². The Morgan fingerprint density at radius 2 is 1.93 bits per heavy atom. The third-order valence-electron chi connectivity index (χ3n) is 4.44. The Kier molecular flexibility index (Phi) is 6.98. The second-order valence-electron chi connectivity index (χ2n) is 6.77. The van der Waals surface area contributed by atoms with Gasteiger partial charge in [0.1, 0.15) is 5.75 Å². The maximum atomic E-state index is 12.9. The Balaban J connectivity index is 1.75. The van der Waals surface area contributed by atoms with Crippen LogP contribution in [0.1, 0.15) is 42.5 Å². The van der Waals surface area contributed by atoms with Gasteiger partial charge in [-0.15, -0.1) is 10.2 Å². The average Bonchev–Trinajstić information content (AvgIpc) is 3.12. The van der Waals surface area contributed by atoms with Gasteiger partial charge in [-0.1, -0.05) is 47.6 Å². The molecule has 1 aromatic heterocycles. The van der Waals surface area contributed by atoms with Crippen molar-refractivity contribution in [2.75, 3.05) is 0 Å². The van der Waals surface area contributed by atoms with Crippen LogP contribution in [0.3, 0.4) is 0 Å². The van der Waals surface area contributed by atoms with Crippen molar-refractivity contribution in [2.45, 2.75) is 50.5 Å². The number of benzene rings is 2. The molecule has 4 nitrogen and oxygen atoms in total. The number of aromatic nitrogens is 3. The fourth-order valence-electron chi connectivity index (χ4n) is 2.93. The van der Waals surface area contributed by atoms with Crippen LogP contribution in [0.4, 0.5) is 13.2 Å². The lowest BCUT2D eigenvalue weighted by Crippen LogP contribution is -2.12. The normalized spacial score (nSPS) is 12.8. The molecule has 0 amide bonds. The van der Waals surface area contributed by atoms with Crippen molar-refractivity contribution in [3.05, 3.63) is 70.0 Å². The lowest BCUT2D eigenvalue weighted by atomic mass is 10.1. The highest BCUT2D eigenvalue weighted by molar-refractivity contribution is 7.98. The molecule has 0 N–H and O–H groups in total. The molecule has 0 radical (unpaired) electrons. The monoisotopic (exact) mass is 455 g/mol. The van der Waals surface area contributed by atoms with E-state index >= 15 is 0 Å². The molecule has 0 saturated heterocycles. The molecule has 0 saturated carbocycles. The van der Waals surface area contributed by atoms with E-state index < -0.39 is 17.8 Å². The summed E-state index contributed by atoms with van der Waals surface area (Å²) in [7, 11) is 0. The molecular formula is C21H21ClF3N3OS. The van der Waals surface area contributed by atoms with E-state index in [0.29, 0.717) is 39.6 Å². The van der Waals surface area contributed by atoms with Gasteiger partial charge in [-0.25, -0.2) is 0 Å². The summed E-state index contributed by atoms with van der Waals surface area (Å²) in [5.74, 6) is 1.54. The van der Waals surface area contributed by atoms with Crippen LogP contribution in [0.5, 0.6) is 5.75 Å². The smallest absolute Gasteiger partial charge is 0.416 e. The summed E-state index contributed by atoms with van der Waals surface area (Å²) in [6.07, 6.45) is -4.76. The number of hydrogen-bond donors (Lipinski definition) is 0. The van der Waals surface area contributed by atoms with Crippen molar-refractivity contribution < 1.29 is 17.9 Å². The fraction of sp³-hybridized carbons (Fsp3) is 0.333. The molecule has 0 bridgehead atoms. The quantitative estimate of drug-likeness (QED) is 0.371. The van der Waals surface area contributed by atoms with Crippen LogP contribution in [0.15, 0.2) is 47.6 Å². The minimum absolute atomic E-state index is 0.348. The Labute approximate surface area is 182 Å². The van der Waals surface area contributed by atoms with Crippen molar-refractivity contribution in [2.24, 2.45) is 0 Å². The number of thioether (sulfide) groups is 1. The van der Waals surface area contributed by atoms with Gasteiger partial charge >= 0.3 is 6.18 Å². The number of aryl methyl sites for hydroxylation is 1. The maximum Gasteiger partial charge on any atom is 0.416 e. The van der Waals surface area contributed by atoms with E-state index in [-0.39, 0.29) is 0 Å². The summed E-state index contributed by atoms with van der Waals surface area (Å²) < 4.78 is 46.6. The Hall–Kier alpha value is -2.19. The number of hydrogen-bond acceptors (Lipinski definition) is 4. The van der Waals surface area contributed by atoms with Gasteiger partial charge in [0.05, 0.1) is 10.6 Å². The highest BCUT2D eigenvalue weighted by Gasteiger charge is 2.30. The zero-order valence-corrected chi connectivity index (χ0v) is 18.3. The Bertz CT molecular complexity index is 1020. The van der Waals surface area contributed by atoms with Crippen molar-refractivity contribution in [1.29, 1.82) is 0 Å². The zero-order valence-electron chi connectivity index (χ0n) is 16.7. The van der Waals surface area contributed by atoms with E-state index in [9.17, 15) is 13.2 Å². The second-order valence-corrected chi connectivity index (χ2v) is 8.12. The average molecular weight is 456 g/mol. The molecule has 3 rings (SSSR count). The van der Waals surface area contributed by atoms with Gasteiger partial charge in [-0.05, 0) is 50.1 Å². The van der Waals surface area contributed by atoms with Crippen molar-refractivity contribution in [3.63, 3.8) is 0 Å². The minimum Gasteiger partial charge on any atom is -0.481 e. The number of halogens is 4. The van der Waals surface area contributed by atoms with E-state index in [1.165, 1.54) is 17.8 Å². The molecule has 2 aromatic carbocycles. The van der Waals surface area contributed by atoms with E-state index in [4.69, 9.17) is 16.3 Å². The molecule has 0 fully saturated rings. The van der Waals surface area contributed by atoms with Crippen LogP contribution in [-0.2, 0) is 18.5 Å². The zero-order chi connectivity index (χ0) is 21.9. The Morgan fingerprint density at radius 1 is 1.17 bits per heavy atom. The highest BCUT2D eigenvalue weighted by Crippen LogP contribution is 2.33. The first-order chi connectivity index (χ1) is 14.2. The van der Waals surface area contributed by atoms with E-state index in [0.717, 1.165) is 17.7 Å². The molecule has 3 aromatic rings. The fourth-order valence-corrected chi connectivity index (χ4v) is 4.05. The molecule has 0 aliphatic carbocycles. The van der Waals surface area contributed by atoms with Crippen molar-refractivity contribution >= 4 is 23.4 Å². The van der Waals surface area contributed by atoms with Gasteiger partial charge in [-0.3, -0.25) is 0 Å². The van der Waals surface area contributed by atoms with E-state index in [1.807, 2.05) is 37.5 Å².